The number of carbonyl (C=O) groups is 4. The number of hydrogen-bond acceptors (Lipinski definition) is 10. The van der Waals surface area contributed by atoms with Crippen molar-refractivity contribution in [3.8, 4) is 33.5 Å². The largest absolute Gasteiger partial charge is 0.453 e. The molecule has 4 aliphatic heterocycles. The number of nitrogens with one attached hydrogen (secondary N) is 4. The third-order valence-corrected chi connectivity index (χ3v) is 15.9. The van der Waals surface area contributed by atoms with Gasteiger partial charge in [0.1, 0.15) is 29.3 Å². The minimum atomic E-state index is -0.713. The molecule has 4 atom stereocenters. The van der Waals surface area contributed by atoms with Gasteiger partial charge in [-0.15, -0.1) is 0 Å². The lowest BCUT2D eigenvalue weighted by molar-refractivity contribution is -0.135. The lowest BCUT2D eigenvalue weighted by Crippen LogP contribution is -2.56. The van der Waals surface area contributed by atoms with Crippen LogP contribution in [-0.2, 0) is 42.2 Å². The van der Waals surface area contributed by atoms with E-state index in [1.165, 1.54) is 67.7 Å². The average Bonchev–Trinajstić information content (AvgIpc) is 4.21. The summed E-state index contributed by atoms with van der Waals surface area (Å²) in [5.74, 6) is 1.03. The summed E-state index contributed by atoms with van der Waals surface area (Å²) >= 11 is 0. The van der Waals surface area contributed by atoms with Crippen molar-refractivity contribution in [2.75, 3.05) is 45.8 Å². The number of aromatic amines is 1. The lowest BCUT2D eigenvalue weighted by atomic mass is 9.82. The zero-order valence-electron chi connectivity index (χ0n) is 40.8. The number of rotatable bonds is 11. The van der Waals surface area contributed by atoms with Crippen molar-refractivity contribution in [3.63, 3.8) is 0 Å². The van der Waals surface area contributed by atoms with E-state index in [4.69, 9.17) is 24.2 Å². The first-order valence-electron chi connectivity index (χ1n) is 25.0. The summed E-state index contributed by atoms with van der Waals surface area (Å²) in [5.41, 5.74) is 11.5. The van der Waals surface area contributed by atoms with Crippen molar-refractivity contribution in [1.82, 2.24) is 30.4 Å². The van der Waals surface area contributed by atoms with Gasteiger partial charge in [0.2, 0.25) is 11.8 Å². The second kappa shape index (κ2) is 18.6. The third-order valence-electron chi connectivity index (χ3n) is 15.9. The summed E-state index contributed by atoms with van der Waals surface area (Å²) in [6.07, 6.45) is 11.0. The van der Waals surface area contributed by atoms with Gasteiger partial charge in [0, 0.05) is 24.3 Å². The van der Waals surface area contributed by atoms with Crippen LogP contribution in [0.25, 0.3) is 33.5 Å². The van der Waals surface area contributed by atoms with Gasteiger partial charge in [-0.3, -0.25) is 14.6 Å². The fourth-order valence-corrected chi connectivity index (χ4v) is 12.1. The van der Waals surface area contributed by atoms with Gasteiger partial charge < -0.3 is 44.9 Å². The van der Waals surface area contributed by atoms with Crippen LogP contribution in [-0.4, -0.2) is 108 Å². The number of amides is 4. The number of alkyl carbamates (subject to hydrolysis) is 2. The number of nitrogens with zero attached hydrogens (tertiary/aromatic N) is 4. The van der Waals surface area contributed by atoms with Gasteiger partial charge in [-0.25, -0.2) is 14.6 Å². The maximum atomic E-state index is 14.1. The van der Waals surface area contributed by atoms with Gasteiger partial charge in [-0.05, 0) is 114 Å². The van der Waals surface area contributed by atoms with Gasteiger partial charge in [-0.1, -0.05) is 89.1 Å². The van der Waals surface area contributed by atoms with E-state index in [2.05, 4.69) is 75.5 Å². The molecule has 15 nitrogen and oxygen atoms in total. The fraction of sp³-hybridized carbons (Fsp3) is 0.519. The highest BCUT2D eigenvalue weighted by Crippen LogP contribution is 2.54. The van der Waals surface area contributed by atoms with Crippen molar-refractivity contribution >= 4 is 35.5 Å². The number of aliphatic imine (C=N–C) groups is 1. The van der Waals surface area contributed by atoms with E-state index in [0.29, 0.717) is 26.3 Å². The maximum absolute atomic E-state index is 14.1. The van der Waals surface area contributed by atoms with Gasteiger partial charge in [0.25, 0.3) is 0 Å². The number of amidine groups is 1. The molecule has 4 aromatic rings. The van der Waals surface area contributed by atoms with Gasteiger partial charge in [0.15, 0.2) is 0 Å². The number of fused-ring (bicyclic) bond motifs is 3. The molecule has 3 aromatic carbocycles. The smallest absolute Gasteiger partial charge is 0.407 e. The van der Waals surface area contributed by atoms with Gasteiger partial charge >= 0.3 is 12.2 Å². The molecule has 2 aliphatic carbocycles. The van der Waals surface area contributed by atoms with E-state index < -0.39 is 29.8 Å². The summed E-state index contributed by atoms with van der Waals surface area (Å²) in [7, 11) is 2.62. The van der Waals surface area contributed by atoms with Crippen molar-refractivity contribution in [2.45, 2.75) is 122 Å². The molecule has 0 bridgehead atoms. The number of anilines is 1. The van der Waals surface area contributed by atoms with Crippen LogP contribution >= 0.6 is 0 Å². The number of carbonyl (C=O) groups excluding carboxylic acids is 4. The molecule has 10 rings (SSSR count). The summed E-state index contributed by atoms with van der Waals surface area (Å²) in [4.78, 5) is 69.6. The van der Waals surface area contributed by atoms with E-state index >= 15 is 0 Å². The highest BCUT2D eigenvalue weighted by Gasteiger charge is 2.48. The molecular weight excluding hydrogens is 873 g/mol. The SMILES string of the molecule is COC(=O)NC(C(=O)N1CCCC1C1=NC2(COC2)c2ccc(-c3ccc(-c4ccc(-c5cnc(C6CCCN6C(=O)C(NC(=O)OC)C(C)C)[nH]5)cc4)c4c3CC3(CCCC3)C4)cc2N1)C(C)C. The zero-order chi connectivity index (χ0) is 48.2. The molecule has 4 fully saturated rings. The van der Waals surface area contributed by atoms with Gasteiger partial charge in [0.05, 0.1) is 51.4 Å². The quantitative estimate of drug-likeness (QED) is 0.115. The number of ether oxygens (including phenoxy) is 3. The Morgan fingerprint density at radius 2 is 1.28 bits per heavy atom. The van der Waals surface area contributed by atoms with Crippen LogP contribution in [0.3, 0.4) is 0 Å². The first-order valence-corrected chi connectivity index (χ1v) is 25.0. The molecule has 2 spiro atoms. The minimum absolute atomic E-state index is 0.108. The van der Waals surface area contributed by atoms with Crippen molar-refractivity contribution in [3.05, 3.63) is 83.3 Å². The Morgan fingerprint density at radius 1 is 0.725 bits per heavy atom. The molecule has 3 saturated heterocycles. The first-order chi connectivity index (χ1) is 33.3. The molecule has 15 heteroatoms. The van der Waals surface area contributed by atoms with Crippen LogP contribution in [0, 0.1) is 17.3 Å². The highest BCUT2D eigenvalue weighted by molar-refractivity contribution is 6.05. The Hall–Kier alpha value is -6.22. The summed E-state index contributed by atoms with van der Waals surface area (Å²) in [5, 5.41) is 9.24. The molecule has 4 N–H and O–H groups in total. The van der Waals surface area contributed by atoms with Crippen LogP contribution in [0.15, 0.2) is 65.8 Å². The van der Waals surface area contributed by atoms with Crippen LogP contribution in [0.4, 0.5) is 15.3 Å². The topological polar surface area (TPSA) is 180 Å². The van der Waals surface area contributed by atoms with E-state index in [9.17, 15) is 19.2 Å². The Balaban J connectivity index is 0.916. The standard InChI is InChI=1S/C54H66N8O7/c1-31(2)45(58-51(65)67-5)49(63)61-23-9-11-43(61)47-55-28-42(57-47)34-15-13-33(14-16-34)36-18-19-37(39-27-53(26-38(36)39)21-7-8-22-53)35-17-20-40-41(25-35)56-48(60-54(40)29-69-30-54)44-12-10-24-62(44)50(64)46(32(3)4)59-52(66)68-6/h13-20,25,28,31-32,43-46H,7-12,21-24,26-27,29-30H2,1-6H3,(H,55,57)(H,56,60)(H,58,65)(H,59,66). The number of benzene rings is 3. The van der Waals surface area contributed by atoms with E-state index in [-0.39, 0.29) is 41.1 Å². The molecule has 6 aliphatic rings. The summed E-state index contributed by atoms with van der Waals surface area (Å²) in [6, 6.07) is 18.3. The molecule has 0 radical (unpaired) electrons. The van der Waals surface area contributed by atoms with E-state index in [1.807, 2.05) is 43.7 Å². The Morgan fingerprint density at radius 3 is 1.84 bits per heavy atom. The zero-order valence-corrected chi connectivity index (χ0v) is 40.8. The maximum Gasteiger partial charge on any atom is 0.407 e. The lowest BCUT2D eigenvalue weighted by Gasteiger charge is -2.44. The van der Waals surface area contributed by atoms with Crippen LogP contribution in [0.5, 0.6) is 0 Å². The molecule has 1 aromatic heterocycles. The van der Waals surface area contributed by atoms with E-state index in [1.54, 1.807) is 0 Å². The van der Waals surface area contributed by atoms with E-state index in [0.717, 1.165) is 78.3 Å². The monoisotopic (exact) mass is 939 g/mol. The predicted molar refractivity (Wildman–Crippen MR) is 264 cm³/mol. The first kappa shape index (κ1) is 46.5. The number of hydrogen-bond donors (Lipinski definition) is 4. The fourth-order valence-electron chi connectivity index (χ4n) is 12.1. The molecule has 4 unspecified atom stereocenters. The van der Waals surface area contributed by atoms with Gasteiger partial charge in [-0.2, -0.15) is 0 Å². The minimum Gasteiger partial charge on any atom is -0.453 e. The normalized spacial score (nSPS) is 21.7. The number of likely N-dealkylation sites (tertiary alicyclic amines) is 2. The van der Waals surface area contributed by atoms with Crippen LogP contribution in [0.2, 0.25) is 0 Å². The highest BCUT2D eigenvalue weighted by atomic mass is 16.5. The number of methoxy groups -OCH3 is 2. The molecular formula is C54H66N8O7. The Kier molecular flexibility index (Phi) is 12.5. The molecule has 364 valence electrons. The van der Waals surface area contributed by atoms with Crippen molar-refractivity contribution < 1.29 is 33.4 Å². The second-order valence-corrected chi connectivity index (χ2v) is 20.9. The van der Waals surface area contributed by atoms with Crippen molar-refractivity contribution in [1.29, 1.82) is 0 Å². The molecule has 69 heavy (non-hydrogen) atoms. The number of imidazole rings is 1. The second-order valence-electron chi connectivity index (χ2n) is 20.9. The Bertz CT molecular complexity index is 2660. The summed E-state index contributed by atoms with van der Waals surface area (Å²) < 4.78 is 15.5. The van der Waals surface area contributed by atoms with Crippen LogP contribution < -0.4 is 16.0 Å². The average molecular weight is 939 g/mol. The third kappa shape index (κ3) is 8.54. The molecule has 5 heterocycles. The van der Waals surface area contributed by atoms with Crippen LogP contribution in [0.1, 0.15) is 108 Å². The number of H-pyrrole nitrogens is 1. The Labute approximate surface area is 404 Å². The molecule has 1 saturated carbocycles. The molecule has 4 amide bonds. The summed E-state index contributed by atoms with van der Waals surface area (Å²) in [6.45, 7) is 9.84. The predicted octanol–water partition coefficient (Wildman–Crippen LogP) is 8.53. The number of aromatic nitrogens is 2. The van der Waals surface area contributed by atoms with Crippen molar-refractivity contribution in [2.24, 2.45) is 22.2 Å².